The van der Waals surface area contributed by atoms with E-state index in [9.17, 15) is 0 Å². The fourth-order valence-corrected chi connectivity index (χ4v) is 2.79. The summed E-state index contributed by atoms with van der Waals surface area (Å²) in [5, 5.41) is 0. The van der Waals surface area contributed by atoms with Gasteiger partial charge >= 0.3 is 0 Å². The summed E-state index contributed by atoms with van der Waals surface area (Å²) in [4.78, 5) is 8.79. The topological polar surface area (TPSA) is 25.2 Å². The molecular formula is C21H26N2. The van der Waals surface area contributed by atoms with Crippen LogP contribution in [-0.2, 0) is 6.42 Å². The Morgan fingerprint density at radius 1 is 1.26 bits per heavy atom. The number of benzene rings is 1. The van der Waals surface area contributed by atoms with Crippen LogP contribution in [0.4, 0.5) is 5.69 Å². The summed E-state index contributed by atoms with van der Waals surface area (Å²) >= 11 is 0. The average Bonchev–Trinajstić information content (AvgIpc) is 2.87. The predicted molar refractivity (Wildman–Crippen MR) is 101 cm³/mol. The second kappa shape index (κ2) is 7.87. The molecule has 0 aliphatic carbocycles. The number of allylic oxidation sites excluding steroid dienone is 1. The zero-order valence-corrected chi connectivity index (χ0v) is 14.7. The number of aromatic nitrogens is 1. The van der Waals surface area contributed by atoms with Crippen LogP contribution >= 0.6 is 0 Å². The zero-order chi connectivity index (χ0) is 16.8. The third-order valence-electron chi connectivity index (χ3n) is 3.76. The van der Waals surface area contributed by atoms with Gasteiger partial charge < -0.3 is 0 Å². The Morgan fingerprint density at radius 3 is 2.61 bits per heavy atom. The molecule has 2 heteroatoms. The Hall–Kier alpha value is -2.22. The minimum atomic E-state index is 0.958. The molecule has 1 aromatic heterocycles. The summed E-state index contributed by atoms with van der Waals surface area (Å²) in [6, 6.07) is 8.47. The first-order valence-corrected chi connectivity index (χ1v) is 8.23. The van der Waals surface area contributed by atoms with Crippen LogP contribution in [0.1, 0.15) is 44.7 Å². The van der Waals surface area contributed by atoms with Crippen LogP contribution < -0.4 is 0 Å². The van der Waals surface area contributed by atoms with Crippen molar-refractivity contribution in [2.75, 3.05) is 0 Å². The van der Waals surface area contributed by atoms with Crippen LogP contribution in [0, 0.1) is 6.92 Å². The van der Waals surface area contributed by atoms with Crippen molar-refractivity contribution in [3.8, 4) is 11.1 Å². The number of pyridine rings is 1. The molecule has 0 radical (unpaired) electrons. The summed E-state index contributed by atoms with van der Waals surface area (Å²) < 4.78 is 0. The van der Waals surface area contributed by atoms with Gasteiger partial charge in [-0.2, -0.15) is 0 Å². The van der Waals surface area contributed by atoms with Crippen molar-refractivity contribution in [2.45, 2.75) is 47.0 Å². The fraction of sp³-hybridized carbons (Fsp3) is 0.333. The van der Waals surface area contributed by atoms with Crippen LogP contribution in [0.5, 0.6) is 0 Å². The molecular weight excluding hydrogens is 280 g/mol. The Kier molecular flexibility index (Phi) is 5.86. The van der Waals surface area contributed by atoms with Crippen molar-refractivity contribution in [3.63, 3.8) is 0 Å². The molecule has 0 bridgehead atoms. The quantitative estimate of drug-likeness (QED) is 0.632. The molecule has 0 saturated carbocycles. The molecule has 2 aromatic rings. The predicted octanol–water partition coefficient (Wildman–Crippen LogP) is 6.07. The lowest BCUT2D eigenvalue weighted by Crippen LogP contribution is -1.93. The lowest BCUT2D eigenvalue weighted by Gasteiger charge is -2.09. The molecule has 120 valence electrons. The Balaban J connectivity index is 0.000000277. The summed E-state index contributed by atoms with van der Waals surface area (Å²) in [6.07, 6.45) is 7.10. The molecule has 0 saturated heterocycles. The van der Waals surface area contributed by atoms with Crippen molar-refractivity contribution < 1.29 is 0 Å². The van der Waals surface area contributed by atoms with Gasteiger partial charge in [-0.25, -0.2) is 0 Å². The standard InChI is InChI=1S/C15H14N2.C6H12/c1-10-6-13(12-4-3-5-16-9-12)14-8-11(2)17-15(14)7-10;1-4-5-6(2)3/h3-7,9H,8H2,1-2H3;2,4-5H2,1,3H3. The summed E-state index contributed by atoms with van der Waals surface area (Å²) in [5.74, 6) is 0. The third kappa shape index (κ3) is 4.62. The summed E-state index contributed by atoms with van der Waals surface area (Å²) in [7, 11) is 0. The van der Waals surface area contributed by atoms with E-state index in [1.807, 2.05) is 12.3 Å². The number of hydrogen-bond donors (Lipinski definition) is 0. The van der Waals surface area contributed by atoms with Crippen LogP contribution in [-0.4, -0.2) is 10.7 Å². The Labute approximate surface area is 140 Å². The van der Waals surface area contributed by atoms with Crippen LogP contribution in [0.2, 0.25) is 0 Å². The van der Waals surface area contributed by atoms with Gasteiger partial charge in [0.05, 0.1) is 5.69 Å². The van der Waals surface area contributed by atoms with E-state index in [4.69, 9.17) is 0 Å². The van der Waals surface area contributed by atoms with E-state index in [0.717, 1.165) is 12.1 Å². The highest BCUT2D eigenvalue weighted by molar-refractivity contribution is 5.95. The molecule has 0 unspecified atom stereocenters. The van der Waals surface area contributed by atoms with Crippen molar-refractivity contribution in [1.29, 1.82) is 0 Å². The van der Waals surface area contributed by atoms with Crippen LogP contribution in [0.3, 0.4) is 0 Å². The summed E-state index contributed by atoms with van der Waals surface area (Å²) in [5.41, 5.74) is 8.64. The molecule has 1 aromatic carbocycles. The molecule has 1 aliphatic heterocycles. The van der Waals surface area contributed by atoms with Crippen LogP contribution in [0.15, 0.2) is 53.8 Å². The number of rotatable bonds is 3. The van der Waals surface area contributed by atoms with Gasteiger partial charge in [0.1, 0.15) is 0 Å². The van der Waals surface area contributed by atoms with E-state index in [0.29, 0.717) is 0 Å². The molecule has 0 N–H and O–H groups in total. The third-order valence-corrected chi connectivity index (χ3v) is 3.76. The number of hydrogen-bond acceptors (Lipinski definition) is 2. The van der Waals surface area contributed by atoms with Gasteiger partial charge in [0.15, 0.2) is 0 Å². The molecule has 0 fully saturated rings. The van der Waals surface area contributed by atoms with Gasteiger partial charge in [-0.15, -0.1) is 6.58 Å². The van der Waals surface area contributed by atoms with Gasteiger partial charge in [-0.3, -0.25) is 9.98 Å². The molecule has 1 aliphatic rings. The van der Waals surface area contributed by atoms with Crippen LogP contribution in [0.25, 0.3) is 11.1 Å². The second-order valence-corrected chi connectivity index (χ2v) is 6.28. The molecule has 3 rings (SSSR count). The zero-order valence-electron chi connectivity index (χ0n) is 14.7. The van der Waals surface area contributed by atoms with Gasteiger partial charge in [0, 0.05) is 30.1 Å². The fourth-order valence-electron chi connectivity index (χ4n) is 2.79. The lowest BCUT2D eigenvalue weighted by atomic mass is 9.96. The molecule has 23 heavy (non-hydrogen) atoms. The smallest absolute Gasteiger partial charge is 0.0673 e. The number of aryl methyl sites for hydroxylation is 1. The average molecular weight is 306 g/mol. The highest BCUT2D eigenvalue weighted by Crippen LogP contribution is 2.36. The van der Waals surface area contributed by atoms with Crippen molar-refractivity contribution >= 4 is 11.4 Å². The second-order valence-electron chi connectivity index (χ2n) is 6.28. The Bertz CT molecular complexity index is 712. The monoisotopic (exact) mass is 306 g/mol. The van der Waals surface area contributed by atoms with Gasteiger partial charge in [-0.1, -0.05) is 31.1 Å². The van der Waals surface area contributed by atoms with Gasteiger partial charge in [0.2, 0.25) is 0 Å². The number of fused-ring (bicyclic) bond motifs is 1. The van der Waals surface area contributed by atoms with E-state index in [1.54, 1.807) is 6.20 Å². The van der Waals surface area contributed by atoms with Gasteiger partial charge in [0.25, 0.3) is 0 Å². The van der Waals surface area contributed by atoms with Gasteiger partial charge in [-0.05, 0) is 56.0 Å². The first kappa shape index (κ1) is 17.1. The van der Waals surface area contributed by atoms with E-state index in [2.05, 4.69) is 62.4 Å². The minimum Gasteiger partial charge on any atom is -0.264 e. The highest BCUT2D eigenvalue weighted by Gasteiger charge is 2.17. The van der Waals surface area contributed by atoms with E-state index >= 15 is 0 Å². The SMILES string of the molecule is C=C(C)CCC.CC1=Nc2cc(C)cc(-c3cccnc3)c2C1. The van der Waals surface area contributed by atoms with Crippen molar-refractivity contribution in [2.24, 2.45) is 4.99 Å². The largest absolute Gasteiger partial charge is 0.264 e. The van der Waals surface area contributed by atoms with Crippen molar-refractivity contribution in [3.05, 3.63) is 59.9 Å². The van der Waals surface area contributed by atoms with Crippen molar-refractivity contribution in [1.82, 2.24) is 4.98 Å². The van der Waals surface area contributed by atoms with E-state index < -0.39 is 0 Å². The maximum Gasteiger partial charge on any atom is 0.0673 e. The molecule has 2 nitrogen and oxygen atoms in total. The molecule has 0 amide bonds. The molecule has 0 spiro atoms. The Morgan fingerprint density at radius 2 is 2.04 bits per heavy atom. The molecule has 2 heterocycles. The number of nitrogens with zero attached hydrogens (tertiary/aromatic N) is 2. The number of aliphatic imine (C=N–C) groups is 1. The highest BCUT2D eigenvalue weighted by atomic mass is 14.8. The first-order valence-electron chi connectivity index (χ1n) is 8.23. The maximum absolute atomic E-state index is 4.60. The first-order chi connectivity index (χ1) is 11.0. The van der Waals surface area contributed by atoms with E-state index in [1.165, 1.54) is 46.4 Å². The maximum atomic E-state index is 4.60. The normalized spacial score (nSPS) is 12.1. The lowest BCUT2D eigenvalue weighted by molar-refractivity contribution is 0.910. The summed E-state index contributed by atoms with van der Waals surface area (Å²) in [6.45, 7) is 12.2. The van der Waals surface area contributed by atoms with E-state index in [-0.39, 0.29) is 0 Å². The molecule has 0 atom stereocenters. The minimum absolute atomic E-state index is 0.958.